The van der Waals surface area contributed by atoms with Gasteiger partial charge in [-0.05, 0) is 24.6 Å². The van der Waals surface area contributed by atoms with E-state index in [1.54, 1.807) is 36.8 Å². The monoisotopic (exact) mass is 244 g/mol. The van der Waals surface area contributed by atoms with Gasteiger partial charge in [0.25, 0.3) is 0 Å². The molecule has 3 nitrogen and oxygen atoms in total. The molecule has 1 unspecified atom stereocenters. The Kier molecular flexibility index (Phi) is 3.23. The molecule has 0 spiro atoms. The van der Waals surface area contributed by atoms with E-state index in [9.17, 15) is 5.11 Å². The fourth-order valence-corrected chi connectivity index (χ4v) is 2.44. The van der Waals surface area contributed by atoms with E-state index < -0.39 is 5.60 Å². The van der Waals surface area contributed by atoms with Crippen LogP contribution in [0.3, 0.4) is 0 Å². The number of aliphatic hydroxyl groups is 1. The summed E-state index contributed by atoms with van der Waals surface area (Å²) in [5.41, 5.74) is 2.09. The van der Waals surface area contributed by atoms with Gasteiger partial charge in [-0.1, -0.05) is 12.1 Å². The standard InChI is InChI=1S/C13H12N2OS/c1-13(16,6-12-8-15-9-17-12)11-4-2-3-10(5-11)7-14/h2-5,8-9,16H,6H2,1H3. The van der Waals surface area contributed by atoms with Crippen LogP contribution in [0, 0.1) is 11.3 Å². The van der Waals surface area contributed by atoms with Gasteiger partial charge in [0.05, 0.1) is 22.7 Å². The normalized spacial score (nSPS) is 13.9. The van der Waals surface area contributed by atoms with Crippen molar-refractivity contribution in [1.82, 2.24) is 4.98 Å². The number of rotatable bonds is 3. The molecule has 1 N–H and O–H groups in total. The maximum atomic E-state index is 10.4. The van der Waals surface area contributed by atoms with Crippen LogP contribution in [0.1, 0.15) is 22.9 Å². The lowest BCUT2D eigenvalue weighted by molar-refractivity contribution is 0.0584. The molecule has 1 aromatic carbocycles. The molecule has 1 atom stereocenters. The van der Waals surface area contributed by atoms with Crippen molar-refractivity contribution in [3.05, 3.63) is 52.0 Å². The number of hydrogen-bond donors (Lipinski definition) is 1. The highest BCUT2D eigenvalue weighted by Crippen LogP contribution is 2.27. The molecule has 1 aromatic heterocycles. The third-order valence-electron chi connectivity index (χ3n) is 2.62. The van der Waals surface area contributed by atoms with E-state index in [-0.39, 0.29) is 0 Å². The van der Waals surface area contributed by atoms with E-state index in [4.69, 9.17) is 5.26 Å². The third kappa shape index (κ3) is 2.70. The van der Waals surface area contributed by atoms with E-state index in [1.165, 1.54) is 11.3 Å². The van der Waals surface area contributed by atoms with Crippen LogP contribution in [0.5, 0.6) is 0 Å². The Balaban J connectivity index is 2.28. The summed E-state index contributed by atoms with van der Waals surface area (Å²) in [4.78, 5) is 5.01. The molecule has 0 amide bonds. The Hall–Kier alpha value is -1.70. The highest BCUT2D eigenvalue weighted by molar-refractivity contribution is 7.09. The molecule has 0 saturated heterocycles. The average molecular weight is 244 g/mol. The summed E-state index contributed by atoms with van der Waals surface area (Å²) in [6, 6.07) is 9.15. The molecule has 17 heavy (non-hydrogen) atoms. The van der Waals surface area contributed by atoms with Crippen molar-refractivity contribution in [2.45, 2.75) is 18.9 Å². The Morgan fingerprint density at radius 2 is 2.35 bits per heavy atom. The van der Waals surface area contributed by atoms with Crippen LogP contribution in [-0.2, 0) is 12.0 Å². The van der Waals surface area contributed by atoms with E-state index >= 15 is 0 Å². The second-order valence-electron chi connectivity index (χ2n) is 4.11. The van der Waals surface area contributed by atoms with Crippen LogP contribution in [0.4, 0.5) is 0 Å². The summed E-state index contributed by atoms with van der Waals surface area (Å²) >= 11 is 1.52. The number of nitriles is 1. The number of nitrogens with zero attached hydrogens (tertiary/aromatic N) is 2. The quantitative estimate of drug-likeness (QED) is 0.902. The minimum atomic E-state index is -0.973. The van der Waals surface area contributed by atoms with Gasteiger partial charge >= 0.3 is 0 Å². The lowest BCUT2D eigenvalue weighted by Gasteiger charge is -2.23. The molecule has 0 bridgehead atoms. The molecule has 0 aliphatic rings. The molecule has 0 radical (unpaired) electrons. The number of thiazole rings is 1. The molecule has 2 rings (SSSR count). The van der Waals surface area contributed by atoms with Gasteiger partial charge in [0.1, 0.15) is 0 Å². The van der Waals surface area contributed by atoms with Crippen LogP contribution in [0.25, 0.3) is 0 Å². The smallest absolute Gasteiger partial charge is 0.0991 e. The zero-order valence-electron chi connectivity index (χ0n) is 9.42. The van der Waals surface area contributed by atoms with Crippen molar-refractivity contribution < 1.29 is 5.11 Å². The fourth-order valence-electron chi connectivity index (χ4n) is 1.69. The van der Waals surface area contributed by atoms with E-state index in [1.807, 2.05) is 6.07 Å². The number of aromatic nitrogens is 1. The minimum Gasteiger partial charge on any atom is -0.385 e. The van der Waals surface area contributed by atoms with Gasteiger partial charge in [-0.25, -0.2) is 0 Å². The van der Waals surface area contributed by atoms with Crippen molar-refractivity contribution >= 4 is 11.3 Å². The molecule has 0 saturated carbocycles. The van der Waals surface area contributed by atoms with Crippen LogP contribution in [0.15, 0.2) is 36.0 Å². The minimum absolute atomic E-state index is 0.506. The molecule has 1 heterocycles. The van der Waals surface area contributed by atoms with Crippen molar-refractivity contribution in [2.24, 2.45) is 0 Å². The molecular weight excluding hydrogens is 232 g/mol. The fraction of sp³-hybridized carbons (Fsp3) is 0.231. The Labute approximate surface area is 104 Å². The zero-order valence-corrected chi connectivity index (χ0v) is 10.2. The summed E-state index contributed by atoms with van der Waals surface area (Å²) in [5.74, 6) is 0. The zero-order chi connectivity index (χ0) is 12.3. The summed E-state index contributed by atoms with van der Waals surface area (Å²) in [7, 11) is 0. The highest BCUT2D eigenvalue weighted by Gasteiger charge is 2.24. The van der Waals surface area contributed by atoms with Crippen molar-refractivity contribution in [2.75, 3.05) is 0 Å². The van der Waals surface area contributed by atoms with Gasteiger partial charge in [0.15, 0.2) is 0 Å². The topological polar surface area (TPSA) is 56.9 Å². The summed E-state index contributed by atoms with van der Waals surface area (Å²) in [6.07, 6.45) is 2.26. The predicted octanol–water partition coefficient (Wildman–Crippen LogP) is 2.46. The maximum absolute atomic E-state index is 10.4. The van der Waals surface area contributed by atoms with Gasteiger partial charge in [0.2, 0.25) is 0 Å². The molecule has 2 aromatic rings. The first kappa shape index (κ1) is 11.8. The number of benzene rings is 1. The van der Waals surface area contributed by atoms with E-state index in [2.05, 4.69) is 11.1 Å². The van der Waals surface area contributed by atoms with E-state index in [0.29, 0.717) is 12.0 Å². The van der Waals surface area contributed by atoms with Gasteiger partial charge in [-0.15, -0.1) is 11.3 Å². The Morgan fingerprint density at radius 3 is 3.00 bits per heavy atom. The molecule has 0 fully saturated rings. The summed E-state index contributed by atoms with van der Waals surface area (Å²) in [6.45, 7) is 1.75. The highest BCUT2D eigenvalue weighted by atomic mass is 32.1. The Morgan fingerprint density at radius 1 is 1.53 bits per heavy atom. The van der Waals surface area contributed by atoms with Crippen molar-refractivity contribution in [3.8, 4) is 6.07 Å². The molecule has 0 aliphatic carbocycles. The lowest BCUT2D eigenvalue weighted by atomic mass is 9.91. The first-order valence-corrected chi connectivity index (χ1v) is 6.10. The Bertz CT molecular complexity index is 541. The van der Waals surface area contributed by atoms with Crippen LogP contribution in [-0.4, -0.2) is 10.1 Å². The predicted molar refractivity (Wildman–Crippen MR) is 66.5 cm³/mol. The average Bonchev–Trinajstić information content (AvgIpc) is 2.81. The second kappa shape index (κ2) is 4.66. The first-order valence-electron chi connectivity index (χ1n) is 5.22. The van der Waals surface area contributed by atoms with Crippen molar-refractivity contribution in [1.29, 1.82) is 5.26 Å². The van der Waals surface area contributed by atoms with E-state index in [0.717, 1.165) is 10.4 Å². The van der Waals surface area contributed by atoms with Crippen LogP contribution in [0.2, 0.25) is 0 Å². The molecular formula is C13H12N2OS. The SMILES string of the molecule is CC(O)(Cc1cncs1)c1cccc(C#N)c1. The largest absolute Gasteiger partial charge is 0.385 e. The first-order chi connectivity index (χ1) is 8.12. The molecule has 0 aliphatic heterocycles. The molecule has 86 valence electrons. The van der Waals surface area contributed by atoms with Gasteiger partial charge in [-0.2, -0.15) is 5.26 Å². The van der Waals surface area contributed by atoms with Crippen molar-refractivity contribution in [3.63, 3.8) is 0 Å². The number of hydrogen-bond acceptors (Lipinski definition) is 4. The van der Waals surface area contributed by atoms with Crippen LogP contribution >= 0.6 is 11.3 Å². The second-order valence-corrected chi connectivity index (χ2v) is 5.08. The van der Waals surface area contributed by atoms with Gasteiger partial charge < -0.3 is 5.11 Å². The summed E-state index contributed by atoms with van der Waals surface area (Å²) < 4.78 is 0. The third-order valence-corrected chi connectivity index (χ3v) is 3.40. The van der Waals surface area contributed by atoms with Gasteiger partial charge in [0, 0.05) is 17.5 Å². The lowest BCUT2D eigenvalue weighted by Crippen LogP contribution is -2.23. The summed E-state index contributed by atoms with van der Waals surface area (Å²) in [5, 5.41) is 19.3. The maximum Gasteiger partial charge on any atom is 0.0991 e. The van der Waals surface area contributed by atoms with Crippen LogP contribution < -0.4 is 0 Å². The van der Waals surface area contributed by atoms with Gasteiger partial charge in [-0.3, -0.25) is 4.98 Å². The molecule has 4 heteroatoms.